The van der Waals surface area contributed by atoms with Crippen molar-refractivity contribution >= 4 is 11.5 Å². The van der Waals surface area contributed by atoms with Gasteiger partial charge in [0.2, 0.25) is 0 Å². The zero-order valence-electron chi connectivity index (χ0n) is 8.62. The van der Waals surface area contributed by atoms with Crippen LogP contribution in [-0.2, 0) is 0 Å². The SMILES string of the molecule is CCC(O)CNc1ccc(N)c(C)n1. The number of nitrogens with two attached hydrogens (primary N) is 1. The van der Waals surface area contributed by atoms with Crippen LogP contribution in [0.15, 0.2) is 12.1 Å². The third kappa shape index (κ3) is 2.88. The Morgan fingerprint density at radius 3 is 2.86 bits per heavy atom. The first-order chi connectivity index (χ1) is 6.63. The summed E-state index contributed by atoms with van der Waals surface area (Å²) in [5, 5.41) is 12.4. The van der Waals surface area contributed by atoms with Crippen molar-refractivity contribution in [1.29, 1.82) is 0 Å². The first kappa shape index (κ1) is 10.8. The number of nitrogens with one attached hydrogen (secondary N) is 1. The van der Waals surface area contributed by atoms with E-state index in [1.165, 1.54) is 0 Å². The lowest BCUT2D eigenvalue weighted by Gasteiger charge is -2.10. The van der Waals surface area contributed by atoms with E-state index in [1.54, 1.807) is 0 Å². The molecule has 1 heterocycles. The molecule has 0 fully saturated rings. The van der Waals surface area contributed by atoms with Crippen LogP contribution in [0.4, 0.5) is 11.5 Å². The van der Waals surface area contributed by atoms with E-state index in [0.717, 1.165) is 17.9 Å². The van der Waals surface area contributed by atoms with Crippen molar-refractivity contribution in [3.05, 3.63) is 17.8 Å². The molecule has 0 aromatic carbocycles. The van der Waals surface area contributed by atoms with E-state index >= 15 is 0 Å². The molecule has 0 radical (unpaired) electrons. The third-order valence-corrected chi connectivity index (χ3v) is 2.12. The van der Waals surface area contributed by atoms with Gasteiger partial charge < -0.3 is 16.2 Å². The molecular weight excluding hydrogens is 178 g/mol. The number of nitrogen functional groups attached to an aromatic ring is 1. The molecule has 0 saturated heterocycles. The standard InChI is InChI=1S/C10H17N3O/c1-3-8(14)6-12-10-5-4-9(11)7(2)13-10/h4-5,8,14H,3,6,11H2,1-2H3,(H,12,13). The molecular formula is C10H17N3O. The first-order valence-electron chi connectivity index (χ1n) is 4.78. The largest absolute Gasteiger partial charge is 0.397 e. The minimum atomic E-state index is -0.324. The maximum Gasteiger partial charge on any atom is 0.126 e. The number of aliphatic hydroxyl groups is 1. The highest BCUT2D eigenvalue weighted by Crippen LogP contribution is 2.11. The molecule has 0 saturated carbocycles. The van der Waals surface area contributed by atoms with Gasteiger partial charge >= 0.3 is 0 Å². The van der Waals surface area contributed by atoms with Crippen LogP contribution >= 0.6 is 0 Å². The summed E-state index contributed by atoms with van der Waals surface area (Å²) < 4.78 is 0. The molecule has 1 aromatic heterocycles. The fraction of sp³-hybridized carbons (Fsp3) is 0.500. The van der Waals surface area contributed by atoms with Crippen molar-refractivity contribution < 1.29 is 5.11 Å². The third-order valence-electron chi connectivity index (χ3n) is 2.12. The monoisotopic (exact) mass is 195 g/mol. The van der Waals surface area contributed by atoms with Crippen LogP contribution in [0, 0.1) is 6.92 Å². The quantitative estimate of drug-likeness (QED) is 0.674. The van der Waals surface area contributed by atoms with Crippen LogP contribution < -0.4 is 11.1 Å². The van der Waals surface area contributed by atoms with Gasteiger partial charge in [-0.3, -0.25) is 0 Å². The normalized spacial score (nSPS) is 12.5. The van der Waals surface area contributed by atoms with Crippen molar-refractivity contribution in [1.82, 2.24) is 4.98 Å². The summed E-state index contributed by atoms with van der Waals surface area (Å²) in [5.41, 5.74) is 7.12. The average Bonchev–Trinajstić information content (AvgIpc) is 2.19. The molecule has 0 aliphatic carbocycles. The highest BCUT2D eigenvalue weighted by atomic mass is 16.3. The molecule has 0 spiro atoms. The van der Waals surface area contributed by atoms with Crippen LogP contribution in [-0.4, -0.2) is 22.7 Å². The lowest BCUT2D eigenvalue weighted by atomic mass is 10.3. The molecule has 1 rings (SSSR count). The number of anilines is 2. The Balaban J connectivity index is 2.55. The number of rotatable bonds is 4. The van der Waals surface area contributed by atoms with Gasteiger partial charge in [0.25, 0.3) is 0 Å². The fourth-order valence-corrected chi connectivity index (χ4v) is 1.04. The van der Waals surface area contributed by atoms with Crippen LogP contribution in [0.1, 0.15) is 19.0 Å². The highest BCUT2D eigenvalue weighted by molar-refractivity contribution is 5.48. The maximum atomic E-state index is 9.33. The highest BCUT2D eigenvalue weighted by Gasteiger charge is 2.01. The molecule has 0 bridgehead atoms. The van der Waals surface area contributed by atoms with Crippen molar-refractivity contribution in [2.75, 3.05) is 17.6 Å². The van der Waals surface area contributed by atoms with Crippen molar-refractivity contribution in [3.63, 3.8) is 0 Å². The molecule has 0 aliphatic heterocycles. The minimum absolute atomic E-state index is 0.324. The summed E-state index contributed by atoms with van der Waals surface area (Å²) in [7, 11) is 0. The van der Waals surface area contributed by atoms with Gasteiger partial charge in [-0.1, -0.05) is 6.92 Å². The predicted molar refractivity (Wildman–Crippen MR) is 58.2 cm³/mol. The Hall–Kier alpha value is -1.29. The van der Waals surface area contributed by atoms with Crippen LogP contribution in [0.5, 0.6) is 0 Å². The Labute approximate surface area is 84.2 Å². The predicted octanol–water partition coefficient (Wildman–Crippen LogP) is 1.16. The average molecular weight is 195 g/mol. The number of nitrogens with zero attached hydrogens (tertiary/aromatic N) is 1. The molecule has 0 amide bonds. The van der Waals surface area contributed by atoms with E-state index in [9.17, 15) is 5.11 Å². The van der Waals surface area contributed by atoms with Gasteiger partial charge in [-0.15, -0.1) is 0 Å². The lowest BCUT2D eigenvalue weighted by molar-refractivity contribution is 0.183. The van der Waals surface area contributed by atoms with Crippen molar-refractivity contribution in [3.8, 4) is 0 Å². The number of aryl methyl sites for hydroxylation is 1. The summed E-state index contributed by atoms with van der Waals surface area (Å²) in [6.45, 7) is 4.32. The summed E-state index contributed by atoms with van der Waals surface area (Å²) in [4.78, 5) is 4.23. The van der Waals surface area contributed by atoms with Crippen LogP contribution in [0.2, 0.25) is 0 Å². The molecule has 78 valence electrons. The van der Waals surface area contributed by atoms with Gasteiger partial charge in [-0.05, 0) is 25.5 Å². The Morgan fingerprint density at radius 1 is 1.57 bits per heavy atom. The van der Waals surface area contributed by atoms with E-state index in [2.05, 4.69) is 10.3 Å². The van der Waals surface area contributed by atoms with Gasteiger partial charge in [0.05, 0.1) is 17.5 Å². The van der Waals surface area contributed by atoms with E-state index < -0.39 is 0 Å². The second-order valence-corrected chi connectivity index (χ2v) is 3.31. The Kier molecular flexibility index (Phi) is 3.71. The summed E-state index contributed by atoms with van der Waals surface area (Å²) in [5.74, 6) is 0.754. The summed E-state index contributed by atoms with van der Waals surface area (Å²) in [6, 6.07) is 3.62. The topological polar surface area (TPSA) is 71.2 Å². The number of pyridine rings is 1. The Morgan fingerprint density at radius 2 is 2.29 bits per heavy atom. The molecule has 1 unspecified atom stereocenters. The van der Waals surface area contributed by atoms with Gasteiger partial charge in [-0.2, -0.15) is 0 Å². The fourth-order valence-electron chi connectivity index (χ4n) is 1.04. The minimum Gasteiger partial charge on any atom is -0.397 e. The van der Waals surface area contributed by atoms with Gasteiger partial charge in [-0.25, -0.2) is 4.98 Å². The molecule has 4 heteroatoms. The molecule has 14 heavy (non-hydrogen) atoms. The molecule has 4 N–H and O–H groups in total. The number of aliphatic hydroxyl groups excluding tert-OH is 1. The van der Waals surface area contributed by atoms with E-state index in [4.69, 9.17) is 5.73 Å². The molecule has 1 atom stereocenters. The van der Waals surface area contributed by atoms with Gasteiger partial charge in [0.15, 0.2) is 0 Å². The number of hydrogen-bond donors (Lipinski definition) is 3. The number of hydrogen-bond acceptors (Lipinski definition) is 4. The second-order valence-electron chi connectivity index (χ2n) is 3.31. The van der Waals surface area contributed by atoms with Crippen molar-refractivity contribution in [2.45, 2.75) is 26.4 Å². The van der Waals surface area contributed by atoms with E-state index in [0.29, 0.717) is 12.2 Å². The maximum absolute atomic E-state index is 9.33. The lowest BCUT2D eigenvalue weighted by Crippen LogP contribution is -2.18. The van der Waals surface area contributed by atoms with Crippen LogP contribution in [0.25, 0.3) is 0 Å². The number of aromatic nitrogens is 1. The molecule has 4 nitrogen and oxygen atoms in total. The Bertz CT molecular complexity index is 301. The van der Waals surface area contributed by atoms with Gasteiger partial charge in [0.1, 0.15) is 5.82 Å². The zero-order valence-corrected chi connectivity index (χ0v) is 8.62. The van der Waals surface area contributed by atoms with Gasteiger partial charge in [0, 0.05) is 6.54 Å². The summed E-state index contributed by atoms with van der Waals surface area (Å²) >= 11 is 0. The first-order valence-corrected chi connectivity index (χ1v) is 4.78. The second kappa shape index (κ2) is 4.81. The molecule has 1 aromatic rings. The summed E-state index contributed by atoms with van der Waals surface area (Å²) in [6.07, 6.45) is 0.413. The van der Waals surface area contributed by atoms with Crippen LogP contribution in [0.3, 0.4) is 0 Å². The van der Waals surface area contributed by atoms with E-state index in [-0.39, 0.29) is 6.10 Å². The van der Waals surface area contributed by atoms with Crippen molar-refractivity contribution in [2.24, 2.45) is 0 Å². The van der Waals surface area contributed by atoms with E-state index in [1.807, 2.05) is 26.0 Å². The smallest absolute Gasteiger partial charge is 0.126 e. The zero-order chi connectivity index (χ0) is 10.6. The molecule has 0 aliphatic rings.